The Morgan fingerprint density at radius 3 is 2.83 bits per heavy atom. The van der Waals surface area contributed by atoms with Crippen molar-refractivity contribution in [3.05, 3.63) is 48.0 Å². The van der Waals surface area contributed by atoms with Crippen LogP contribution in [0.15, 0.2) is 41.0 Å². The van der Waals surface area contributed by atoms with Crippen LogP contribution in [-0.4, -0.2) is 41.4 Å². The van der Waals surface area contributed by atoms with Gasteiger partial charge < -0.3 is 19.6 Å². The van der Waals surface area contributed by atoms with Crippen molar-refractivity contribution < 1.29 is 13.9 Å². The van der Waals surface area contributed by atoms with Crippen molar-refractivity contribution in [1.82, 2.24) is 34.6 Å². The Bertz CT molecular complexity index is 1350. The van der Waals surface area contributed by atoms with Crippen LogP contribution in [0.1, 0.15) is 11.4 Å². The average Bonchev–Trinajstić information content (AvgIpc) is 3.51. The molecule has 144 valence electrons. The van der Waals surface area contributed by atoms with Crippen LogP contribution in [0.5, 0.6) is 11.5 Å². The second kappa shape index (κ2) is 5.92. The molecule has 0 aliphatic carbocycles. The van der Waals surface area contributed by atoms with Gasteiger partial charge in [-0.1, -0.05) is 6.07 Å². The zero-order valence-electron chi connectivity index (χ0n) is 15.0. The molecule has 1 aromatic carbocycles. The highest BCUT2D eigenvalue weighted by Gasteiger charge is 2.18. The number of hydrogen-bond acceptors (Lipinski definition) is 9. The van der Waals surface area contributed by atoms with Gasteiger partial charge in [0.1, 0.15) is 0 Å². The summed E-state index contributed by atoms with van der Waals surface area (Å²) in [7, 11) is 0. The van der Waals surface area contributed by atoms with Gasteiger partial charge in [-0.15, -0.1) is 20.1 Å². The molecule has 0 bridgehead atoms. The summed E-state index contributed by atoms with van der Waals surface area (Å²) in [6.07, 6.45) is 2.91. The van der Waals surface area contributed by atoms with Gasteiger partial charge in [0, 0.05) is 12.5 Å². The van der Waals surface area contributed by atoms with E-state index < -0.39 is 0 Å². The molecular formula is C18H14N8O3. The second-order valence-corrected chi connectivity index (χ2v) is 6.53. The van der Waals surface area contributed by atoms with Gasteiger partial charge in [-0.2, -0.15) is 9.50 Å². The highest BCUT2D eigenvalue weighted by Crippen LogP contribution is 2.32. The number of fused-ring (bicyclic) bond motifs is 4. The summed E-state index contributed by atoms with van der Waals surface area (Å²) in [4.78, 5) is 10.2. The number of aromatic nitrogens is 7. The molecule has 29 heavy (non-hydrogen) atoms. The Labute approximate surface area is 162 Å². The lowest BCUT2D eigenvalue weighted by molar-refractivity contribution is 0.174. The second-order valence-electron chi connectivity index (χ2n) is 6.53. The first-order valence-electron chi connectivity index (χ1n) is 8.95. The molecule has 0 saturated carbocycles. The quantitative estimate of drug-likeness (QED) is 0.485. The summed E-state index contributed by atoms with van der Waals surface area (Å²) in [6.45, 7) is 0.258. The van der Waals surface area contributed by atoms with Crippen LogP contribution in [0.25, 0.3) is 22.7 Å². The van der Waals surface area contributed by atoms with Gasteiger partial charge in [0.15, 0.2) is 28.5 Å². The van der Waals surface area contributed by atoms with E-state index in [0.717, 1.165) is 23.5 Å². The maximum absolute atomic E-state index is 6.05. The molecule has 0 spiro atoms. The topological polar surface area (TPSA) is 131 Å². The van der Waals surface area contributed by atoms with E-state index in [9.17, 15) is 0 Å². The molecule has 0 radical (unpaired) electrons. The first-order chi connectivity index (χ1) is 14.2. The maximum atomic E-state index is 6.05. The molecule has 2 N–H and O–H groups in total. The Hall–Kier alpha value is -4.15. The highest BCUT2D eigenvalue weighted by molar-refractivity contribution is 5.85. The lowest BCUT2D eigenvalue weighted by atomic mass is 10.1. The lowest BCUT2D eigenvalue weighted by Gasteiger charge is -2.01. The van der Waals surface area contributed by atoms with Gasteiger partial charge in [0.05, 0.1) is 6.26 Å². The monoisotopic (exact) mass is 390 g/mol. The summed E-state index contributed by atoms with van der Waals surface area (Å²) >= 11 is 0. The van der Waals surface area contributed by atoms with Crippen LogP contribution in [0, 0.1) is 0 Å². The molecule has 1 aliphatic heterocycles. The van der Waals surface area contributed by atoms with Crippen molar-refractivity contribution in [1.29, 1.82) is 0 Å². The molecule has 1 aliphatic rings. The fourth-order valence-electron chi connectivity index (χ4n) is 3.28. The molecule has 0 unspecified atom stereocenters. The van der Waals surface area contributed by atoms with E-state index in [4.69, 9.17) is 19.6 Å². The Kier molecular flexibility index (Phi) is 3.24. The Balaban J connectivity index is 1.34. The normalized spacial score (nSPS) is 13.0. The molecule has 0 amide bonds. The van der Waals surface area contributed by atoms with Gasteiger partial charge in [-0.25, -0.2) is 4.98 Å². The maximum Gasteiger partial charge on any atom is 0.238 e. The van der Waals surface area contributed by atoms with Crippen molar-refractivity contribution in [3.8, 4) is 17.4 Å². The molecule has 5 aromatic rings. The number of hydrogen-bond donors (Lipinski definition) is 1. The van der Waals surface area contributed by atoms with E-state index in [1.165, 1.54) is 9.31 Å². The van der Waals surface area contributed by atoms with Gasteiger partial charge in [0.25, 0.3) is 0 Å². The van der Waals surface area contributed by atoms with E-state index in [1.54, 1.807) is 18.4 Å². The van der Waals surface area contributed by atoms with Crippen molar-refractivity contribution in [2.24, 2.45) is 0 Å². The van der Waals surface area contributed by atoms with Crippen molar-refractivity contribution in [3.63, 3.8) is 0 Å². The predicted molar refractivity (Wildman–Crippen MR) is 99.9 cm³/mol. The molecule has 11 nitrogen and oxygen atoms in total. The molecule has 6 rings (SSSR count). The van der Waals surface area contributed by atoms with E-state index in [-0.39, 0.29) is 12.7 Å². The fraction of sp³-hybridized carbons (Fsp3) is 0.167. The van der Waals surface area contributed by atoms with Crippen LogP contribution < -0.4 is 15.2 Å². The molecule has 5 heterocycles. The Morgan fingerprint density at radius 1 is 1.00 bits per heavy atom. The Morgan fingerprint density at radius 2 is 1.93 bits per heavy atom. The van der Waals surface area contributed by atoms with Crippen LogP contribution >= 0.6 is 0 Å². The van der Waals surface area contributed by atoms with Crippen LogP contribution in [-0.2, 0) is 12.8 Å². The number of ether oxygens (including phenoxy) is 2. The minimum Gasteiger partial charge on any atom is -0.454 e. The van der Waals surface area contributed by atoms with Crippen LogP contribution in [0.2, 0.25) is 0 Å². The van der Waals surface area contributed by atoms with Gasteiger partial charge in [-0.3, -0.25) is 0 Å². The molecule has 4 aromatic heterocycles. The standard InChI is InChI=1S/C18H14N8O3/c19-18-21-16-15(23-26(24-16)14-2-1-7-27-14)17-20-13(22-25(17)18)6-4-10-3-5-11-12(8-10)29-9-28-11/h1-3,5,7-8H,4,6,9H2,(H2,19,21,24). The van der Waals surface area contributed by atoms with E-state index >= 15 is 0 Å². The zero-order valence-corrected chi connectivity index (χ0v) is 15.0. The number of anilines is 1. The molecule has 0 saturated heterocycles. The van der Waals surface area contributed by atoms with Crippen molar-refractivity contribution in [2.45, 2.75) is 12.8 Å². The van der Waals surface area contributed by atoms with E-state index in [2.05, 4.69) is 25.3 Å². The van der Waals surface area contributed by atoms with E-state index in [1.807, 2.05) is 18.2 Å². The number of nitrogens with zero attached hydrogens (tertiary/aromatic N) is 7. The minimum atomic E-state index is 0.195. The van der Waals surface area contributed by atoms with Crippen LogP contribution in [0.4, 0.5) is 5.95 Å². The molecule has 0 atom stereocenters. The summed E-state index contributed by atoms with van der Waals surface area (Å²) in [6, 6.07) is 9.40. The number of nitrogen functional groups attached to an aromatic ring is 1. The third kappa shape index (κ3) is 2.55. The number of aryl methyl sites for hydroxylation is 2. The number of benzene rings is 1. The van der Waals surface area contributed by atoms with Crippen LogP contribution in [0.3, 0.4) is 0 Å². The smallest absolute Gasteiger partial charge is 0.238 e. The number of rotatable bonds is 4. The molecule has 11 heteroatoms. The molecular weight excluding hydrogens is 376 g/mol. The van der Waals surface area contributed by atoms with Gasteiger partial charge >= 0.3 is 0 Å². The first kappa shape index (κ1) is 15.9. The van der Waals surface area contributed by atoms with Gasteiger partial charge in [-0.05, 0) is 30.2 Å². The SMILES string of the molecule is Nc1nc2nn(-c3ccco3)nc2c2nc(CCc3ccc4c(c3)OCO4)nn12. The van der Waals surface area contributed by atoms with E-state index in [0.29, 0.717) is 34.9 Å². The summed E-state index contributed by atoms with van der Waals surface area (Å²) < 4.78 is 17.6. The fourth-order valence-corrected chi connectivity index (χ4v) is 3.28. The average molecular weight is 390 g/mol. The summed E-state index contributed by atoms with van der Waals surface area (Å²) in [5, 5.41) is 13.2. The van der Waals surface area contributed by atoms with Crippen molar-refractivity contribution in [2.75, 3.05) is 12.5 Å². The first-order valence-corrected chi connectivity index (χ1v) is 8.95. The molecule has 0 fully saturated rings. The predicted octanol–water partition coefficient (Wildman–Crippen LogP) is 1.55. The number of nitrogens with two attached hydrogens (primary N) is 1. The number of furan rings is 1. The highest BCUT2D eigenvalue weighted by atomic mass is 16.7. The minimum absolute atomic E-state index is 0.195. The third-order valence-corrected chi connectivity index (χ3v) is 4.67. The summed E-state index contributed by atoms with van der Waals surface area (Å²) in [5.41, 5.74) is 8.53. The third-order valence-electron chi connectivity index (χ3n) is 4.67. The zero-order chi connectivity index (χ0) is 19.4. The summed E-state index contributed by atoms with van der Waals surface area (Å²) in [5.74, 6) is 2.83. The van der Waals surface area contributed by atoms with Crippen molar-refractivity contribution >= 4 is 22.8 Å². The largest absolute Gasteiger partial charge is 0.454 e. The van der Waals surface area contributed by atoms with Gasteiger partial charge in [0.2, 0.25) is 24.3 Å². The lowest BCUT2D eigenvalue weighted by Crippen LogP contribution is -2.02.